The van der Waals surface area contributed by atoms with E-state index in [1.807, 2.05) is 17.5 Å². The standard InChI is InChI=1S/C18H17F3N4OS2/c1-11(25-15(23-24-17(25)27)14-7-4-10-28-14)16(26)22-9-8-12-5-2-3-6-13(12)18(19,20)21/h2-7,10-11H,8-9H2,1H3,(H,22,26)(H,24,27). The van der Waals surface area contributed by atoms with Gasteiger partial charge in [0.25, 0.3) is 0 Å². The Morgan fingerprint density at radius 1 is 1.32 bits per heavy atom. The van der Waals surface area contributed by atoms with Crippen molar-refractivity contribution in [3.05, 3.63) is 57.7 Å². The summed E-state index contributed by atoms with van der Waals surface area (Å²) in [5.41, 5.74) is -0.545. The summed E-state index contributed by atoms with van der Waals surface area (Å²) in [6.45, 7) is 1.75. The highest BCUT2D eigenvalue weighted by Gasteiger charge is 2.32. The number of nitrogens with zero attached hydrogens (tertiary/aromatic N) is 2. The lowest BCUT2D eigenvalue weighted by Crippen LogP contribution is -2.33. The quantitative estimate of drug-likeness (QED) is 0.566. The Hall–Kier alpha value is -2.46. The first-order valence-corrected chi connectivity index (χ1v) is 9.71. The van der Waals surface area contributed by atoms with Crippen molar-refractivity contribution in [2.45, 2.75) is 25.6 Å². The Balaban J connectivity index is 1.69. The summed E-state index contributed by atoms with van der Waals surface area (Å²) in [6.07, 6.45) is -4.35. The van der Waals surface area contributed by atoms with Crippen LogP contribution < -0.4 is 5.32 Å². The smallest absolute Gasteiger partial charge is 0.354 e. The zero-order valence-electron chi connectivity index (χ0n) is 14.8. The number of hydrogen-bond donors (Lipinski definition) is 2. The number of aromatic nitrogens is 3. The number of nitrogens with one attached hydrogen (secondary N) is 2. The average molecular weight is 426 g/mol. The molecule has 0 saturated carbocycles. The minimum atomic E-state index is -4.42. The molecule has 0 aliphatic rings. The summed E-state index contributed by atoms with van der Waals surface area (Å²) in [5.74, 6) is 0.199. The second-order valence-corrected chi connectivity index (χ2v) is 7.41. The van der Waals surface area contributed by atoms with Crippen molar-refractivity contribution >= 4 is 29.5 Å². The van der Waals surface area contributed by atoms with Gasteiger partial charge in [-0.25, -0.2) is 0 Å². The zero-order valence-corrected chi connectivity index (χ0v) is 16.4. The van der Waals surface area contributed by atoms with Crippen molar-refractivity contribution < 1.29 is 18.0 Å². The molecule has 1 unspecified atom stereocenters. The normalized spacial score (nSPS) is 12.7. The minimum absolute atomic E-state index is 0.0721. The molecule has 0 aliphatic heterocycles. The van der Waals surface area contributed by atoms with Gasteiger partial charge in [-0.15, -0.1) is 11.3 Å². The van der Waals surface area contributed by atoms with E-state index in [0.29, 0.717) is 10.6 Å². The van der Waals surface area contributed by atoms with E-state index in [1.54, 1.807) is 17.6 Å². The maximum Gasteiger partial charge on any atom is 0.416 e. The summed E-state index contributed by atoms with van der Waals surface area (Å²) in [4.78, 5) is 13.4. The molecular weight excluding hydrogens is 409 g/mol. The van der Waals surface area contributed by atoms with Gasteiger partial charge in [0.15, 0.2) is 10.6 Å². The van der Waals surface area contributed by atoms with Crippen LogP contribution in [-0.4, -0.2) is 27.2 Å². The van der Waals surface area contributed by atoms with Gasteiger partial charge in [0.1, 0.15) is 6.04 Å². The molecule has 0 bridgehead atoms. The van der Waals surface area contributed by atoms with Crippen molar-refractivity contribution in [1.29, 1.82) is 0 Å². The van der Waals surface area contributed by atoms with Gasteiger partial charge < -0.3 is 5.32 Å². The molecule has 0 fully saturated rings. The molecule has 0 aliphatic carbocycles. The van der Waals surface area contributed by atoms with Crippen LogP contribution in [0.3, 0.4) is 0 Å². The number of rotatable bonds is 6. The van der Waals surface area contributed by atoms with Crippen LogP contribution in [-0.2, 0) is 17.4 Å². The molecule has 28 heavy (non-hydrogen) atoms. The molecule has 1 aromatic carbocycles. The minimum Gasteiger partial charge on any atom is -0.354 e. The molecule has 5 nitrogen and oxygen atoms in total. The van der Waals surface area contributed by atoms with Gasteiger partial charge in [0, 0.05) is 6.54 Å². The number of amides is 1. The lowest BCUT2D eigenvalue weighted by atomic mass is 10.0. The number of hydrogen-bond acceptors (Lipinski definition) is 4. The number of H-pyrrole nitrogens is 1. The number of benzene rings is 1. The van der Waals surface area contributed by atoms with E-state index in [4.69, 9.17) is 12.2 Å². The van der Waals surface area contributed by atoms with Crippen LogP contribution in [0.5, 0.6) is 0 Å². The number of aromatic amines is 1. The molecule has 148 valence electrons. The maximum atomic E-state index is 13.1. The Labute approximate surface area is 168 Å². The summed E-state index contributed by atoms with van der Waals surface area (Å²) < 4.78 is 41.1. The molecule has 3 aromatic rings. The Bertz CT molecular complexity index is 1010. The number of carbonyl (C=O) groups excluding carboxylic acids is 1. The summed E-state index contributed by atoms with van der Waals surface area (Å²) >= 11 is 6.70. The first kappa shape index (κ1) is 20.3. The van der Waals surface area contributed by atoms with Gasteiger partial charge in [-0.1, -0.05) is 24.3 Å². The van der Waals surface area contributed by atoms with Crippen LogP contribution in [0, 0.1) is 4.77 Å². The second kappa shape index (κ2) is 8.27. The van der Waals surface area contributed by atoms with E-state index in [0.717, 1.165) is 10.9 Å². The van der Waals surface area contributed by atoms with Gasteiger partial charge in [-0.05, 0) is 48.6 Å². The molecular formula is C18H17F3N4OS2. The molecule has 1 amide bonds. The monoisotopic (exact) mass is 426 g/mol. The maximum absolute atomic E-state index is 13.1. The van der Waals surface area contributed by atoms with Crippen LogP contribution in [0.25, 0.3) is 10.7 Å². The average Bonchev–Trinajstić information content (AvgIpc) is 3.30. The second-order valence-electron chi connectivity index (χ2n) is 6.07. The highest BCUT2D eigenvalue weighted by molar-refractivity contribution is 7.71. The Morgan fingerprint density at radius 2 is 2.07 bits per heavy atom. The van der Waals surface area contributed by atoms with Crippen LogP contribution in [0.2, 0.25) is 0 Å². The van der Waals surface area contributed by atoms with Gasteiger partial charge in [0.05, 0.1) is 10.4 Å². The lowest BCUT2D eigenvalue weighted by molar-refractivity contribution is -0.138. The third-order valence-electron chi connectivity index (χ3n) is 4.23. The molecule has 1 atom stereocenters. The van der Waals surface area contributed by atoms with Gasteiger partial charge in [0.2, 0.25) is 5.91 Å². The molecule has 0 saturated heterocycles. The third kappa shape index (κ3) is 4.33. The predicted molar refractivity (Wildman–Crippen MR) is 104 cm³/mol. The van der Waals surface area contributed by atoms with Crippen LogP contribution in [0.1, 0.15) is 24.1 Å². The summed E-state index contributed by atoms with van der Waals surface area (Å²) in [6, 6.07) is 8.42. The highest BCUT2D eigenvalue weighted by Crippen LogP contribution is 2.32. The van der Waals surface area contributed by atoms with E-state index in [9.17, 15) is 18.0 Å². The van der Waals surface area contributed by atoms with Crippen LogP contribution in [0.15, 0.2) is 41.8 Å². The molecule has 0 radical (unpaired) electrons. The molecule has 3 rings (SSSR count). The van der Waals surface area contributed by atoms with Crippen molar-refractivity contribution in [3.63, 3.8) is 0 Å². The van der Waals surface area contributed by atoms with Crippen molar-refractivity contribution in [2.75, 3.05) is 6.54 Å². The number of carbonyl (C=O) groups is 1. The van der Waals surface area contributed by atoms with Crippen LogP contribution in [0.4, 0.5) is 13.2 Å². The molecule has 10 heteroatoms. The number of alkyl halides is 3. The molecule has 2 aromatic heterocycles. The fraction of sp³-hybridized carbons (Fsp3) is 0.278. The van der Waals surface area contributed by atoms with Gasteiger partial charge in [-0.2, -0.15) is 18.3 Å². The van der Waals surface area contributed by atoms with Crippen molar-refractivity contribution in [3.8, 4) is 10.7 Å². The predicted octanol–water partition coefficient (Wildman–Crippen LogP) is 4.61. The van der Waals surface area contributed by atoms with E-state index >= 15 is 0 Å². The molecule has 2 N–H and O–H groups in total. The SMILES string of the molecule is CC(C(=O)NCCc1ccccc1C(F)(F)F)n1c(-c2cccs2)n[nH]c1=S. The first-order valence-electron chi connectivity index (χ1n) is 8.42. The number of halogens is 3. The first-order chi connectivity index (χ1) is 13.3. The van der Waals surface area contributed by atoms with Crippen LogP contribution >= 0.6 is 23.6 Å². The fourth-order valence-corrected chi connectivity index (χ4v) is 3.84. The fourth-order valence-electron chi connectivity index (χ4n) is 2.84. The van der Waals surface area contributed by atoms with Gasteiger partial charge >= 0.3 is 6.18 Å². The highest BCUT2D eigenvalue weighted by atomic mass is 32.1. The van der Waals surface area contributed by atoms with E-state index in [2.05, 4.69) is 15.5 Å². The Kier molecular flexibility index (Phi) is 5.99. The summed E-state index contributed by atoms with van der Waals surface area (Å²) in [5, 5.41) is 11.4. The van der Waals surface area contributed by atoms with Crippen molar-refractivity contribution in [1.82, 2.24) is 20.1 Å². The van der Waals surface area contributed by atoms with E-state index in [1.165, 1.54) is 23.5 Å². The van der Waals surface area contributed by atoms with Crippen molar-refractivity contribution in [2.24, 2.45) is 0 Å². The number of thiophene rings is 1. The zero-order chi connectivity index (χ0) is 20.3. The molecule has 0 spiro atoms. The largest absolute Gasteiger partial charge is 0.416 e. The summed E-state index contributed by atoms with van der Waals surface area (Å²) in [7, 11) is 0. The van der Waals surface area contributed by atoms with Gasteiger partial charge in [-0.3, -0.25) is 14.5 Å². The third-order valence-corrected chi connectivity index (χ3v) is 5.38. The molecule has 2 heterocycles. The lowest BCUT2D eigenvalue weighted by Gasteiger charge is -2.16. The Morgan fingerprint density at radius 3 is 2.75 bits per heavy atom. The topological polar surface area (TPSA) is 62.7 Å². The van der Waals surface area contributed by atoms with E-state index in [-0.39, 0.29) is 24.4 Å². The van der Waals surface area contributed by atoms with E-state index < -0.39 is 17.8 Å².